The molecule has 0 unspecified atom stereocenters. The molecule has 31 heavy (non-hydrogen) atoms. The van der Waals surface area contributed by atoms with Crippen LogP contribution in [0.2, 0.25) is 0 Å². The van der Waals surface area contributed by atoms with Gasteiger partial charge in [0.1, 0.15) is 5.75 Å². The topological polar surface area (TPSA) is 109 Å². The fourth-order valence-corrected chi connectivity index (χ4v) is 2.44. The highest BCUT2D eigenvalue weighted by atomic mass is 16.5. The van der Waals surface area contributed by atoms with Crippen molar-refractivity contribution in [3.05, 3.63) is 59.2 Å². The Labute approximate surface area is 182 Å². The zero-order valence-electron chi connectivity index (χ0n) is 18.2. The number of carbonyl (C=O) groups excluding carboxylic acids is 3. The lowest BCUT2D eigenvalue weighted by molar-refractivity contribution is -0.139. The van der Waals surface area contributed by atoms with Crippen molar-refractivity contribution in [3.8, 4) is 5.75 Å². The number of nitrogens with zero attached hydrogens (tertiary/aromatic N) is 1. The van der Waals surface area contributed by atoms with Gasteiger partial charge in [-0.3, -0.25) is 14.4 Å². The summed E-state index contributed by atoms with van der Waals surface area (Å²) in [6.07, 6.45) is 1.38. The minimum atomic E-state index is -0.840. The molecule has 0 aliphatic rings. The number of anilines is 1. The number of hydrogen-bond donors (Lipinski definition) is 3. The molecule has 8 heteroatoms. The summed E-state index contributed by atoms with van der Waals surface area (Å²) in [6, 6.07) is 12.5. The SMILES string of the molecule is Cc1ccc(NC(=O)COc2cccc(/C=N\NC(=O)C(=O)NCC(C)C)c2)cc1C. The Hall–Kier alpha value is -3.68. The van der Waals surface area contributed by atoms with Crippen molar-refractivity contribution in [2.75, 3.05) is 18.5 Å². The summed E-state index contributed by atoms with van der Waals surface area (Å²) < 4.78 is 5.53. The van der Waals surface area contributed by atoms with Crippen molar-refractivity contribution in [2.24, 2.45) is 11.0 Å². The van der Waals surface area contributed by atoms with E-state index < -0.39 is 11.8 Å². The highest BCUT2D eigenvalue weighted by Crippen LogP contribution is 2.15. The molecule has 0 fully saturated rings. The molecule has 0 saturated carbocycles. The smallest absolute Gasteiger partial charge is 0.329 e. The Balaban J connectivity index is 1.83. The van der Waals surface area contributed by atoms with Gasteiger partial charge in [0.15, 0.2) is 6.61 Å². The summed E-state index contributed by atoms with van der Waals surface area (Å²) in [5.74, 6) is -1.14. The average Bonchev–Trinajstić information content (AvgIpc) is 2.73. The van der Waals surface area contributed by atoms with Crippen molar-refractivity contribution in [3.63, 3.8) is 0 Å². The van der Waals surface area contributed by atoms with Gasteiger partial charge in [-0.15, -0.1) is 0 Å². The summed E-state index contributed by atoms with van der Waals surface area (Å²) in [7, 11) is 0. The Morgan fingerprint density at radius 3 is 2.52 bits per heavy atom. The van der Waals surface area contributed by atoms with Gasteiger partial charge in [-0.1, -0.05) is 32.0 Å². The predicted molar refractivity (Wildman–Crippen MR) is 120 cm³/mol. The van der Waals surface area contributed by atoms with Crippen LogP contribution in [-0.4, -0.2) is 37.1 Å². The average molecular weight is 425 g/mol. The number of carbonyl (C=O) groups is 3. The maximum atomic E-state index is 12.1. The first-order chi connectivity index (χ1) is 14.7. The van der Waals surface area contributed by atoms with E-state index >= 15 is 0 Å². The second-order valence-corrected chi connectivity index (χ2v) is 7.51. The number of benzene rings is 2. The Morgan fingerprint density at radius 1 is 1.03 bits per heavy atom. The van der Waals surface area contributed by atoms with Gasteiger partial charge in [0.25, 0.3) is 5.91 Å². The third-order valence-corrected chi connectivity index (χ3v) is 4.28. The van der Waals surface area contributed by atoms with E-state index in [-0.39, 0.29) is 18.4 Å². The van der Waals surface area contributed by atoms with Crippen LogP contribution in [0.25, 0.3) is 0 Å². The molecule has 0 heterocycles. The molecule has 2 aromatic rings. The molecule has 3 amide bonds. The van der Waals surface area contributed by atoms with E-state index in [1.807, 2.05) is 45.9 Å². The maximum absolute atomic E-state index is 12.1. The van der Waals surface area contributed by atoms with E-state index in [0.717, 1.165) is 11.1 Å². The van der Waals surface area contributed by atoms with Gasteiger partial charge in [-0.25, -0.2) is 5.43 Å². The highest BCUT2D eigenvalue weighted by molar-refractivity contribution is 6.35. The molecule has 2 rings (SSSR count). The molecular weight excluding hydrogens is 396 g/mol. The summed E-state index contributed by atoms with van der Waals surface area (Å²) in [5.41, 5.74) is 5.77. The molecule has 164 valence electrons. The molecule has 0 atom stereocenters. The molecule has 0 saturated heterocycles. The van der Waals surface area contributed by atoms with Crippen LogP contribution < -0.4 is 20.8 Å². The van der Waals surface area contributed by atoms with Crippen molar-refractivity contribution in [2.45, 2.75) is 27.7 Å². The number of ether oxygens (including phenoxy) is 1. The zero-order valence-corrected chi connectivity index (χ0v) is 18.2. The molecule has 0 bridgehead atoms. The zero-order chi connectivity index (χ0) is 22.8. The molecule has 0 aliphatic carbocycles. The molecule has 2 aromatic carbocycles. The van der Waals surface area contributed by atoms with Gasteiger partial charge < -0.3 is 15.4 Å². The van der Waals surface area contributed by atoms with Crippen LogP contribution in [0.3, 0.4) is 0 Å². The van der Waals surface area contributed by atoms with Gasteiger partial charge in [0, 0.05) is 12.2 Å². The van der Waals surface area contributed by atoms with Gasteiger partial charge >= 0.3 is 11.8 Å². The summed E-state index contributed by atoms with van der Waals surface area (Å²) >= 11 is 0. The van der Waals surface area contributed by atoms with Crippen LogP contribution in [0.5, 0.6) is 5.75 Å². The van der Waals surface area contributed by atoms with E-state index in [1.54, 1.807) is 24.3 Å². The molecule has 8 nitrogen and oxygen atoms in total. The molecule has 0 spiro atoms. The lowest BCUT2D eigenvalue weighted by Crippen LogP contribution is -2.39. The fraction of sp³-hybridized carbons (Fsp3) is 0.304. The van der Waals surface area contributed by atoms with Gasteiger partial charge in [0.05, 0.1) is 6.21 Å². The third kappa shape index (κ3) is 8.30. The first kappa shape index (κ1) is 23.6. The van der Waals surface area contributed by atoms with Crippen molar-refractivity contribution in [1.82, 2.24) is 10.7 Å². The summed E-state index contributed by atoms with van der Waals surface area (Å²) in [5, 5.41) is 9.08. The number of nitrogens with one attached hydrogen (secondary N) is 3. The summed E-state index contributed by atoms with van der Waals surface area (Å²) in [4.78, 5) is 35.4. The first-order valence-corrected chi connectivity index (χ1v) is 9.96. The van der Waals surface area contributed by atoms with E-state index in [1.165, 1.54) is 6.21 Å². The van der Waals surface area contributed by atoms with Crippen LogP contribution in [0.4, 0.5) is 5.69 Å². The van der Waals surface area contributed by atoms with Crippen LogP contribution in [-0.2, 0) is 14.4 Å². The monoisotopic (exact) mass is 424 g/mol. The lowest BCUT2D eigenvalue weighted by Gasteiger charge is -2.09. The summed E-state index contributed by atoms with van der Waals surface area (Å²) in [6.45, 7) is 8.10. The number of aryl methyl sites for hydroxylation is 2. The lowest BCUT2D eigenvalue weighted by atomic mass is 10.1. The van der Waals surface area contributed by atoms with E-state index in [9.17, 15) is 14.4 Å². The quantitative estimate of drug-likeness (QED) is 0.344. The number of rotatable bonds is 8. The van der Waals surface area contributed by atoms with Crippen LogP contribution in [0.1, 0.15) is 30.5 Å². The first-order valence-electron chi connectivity index (χ1n) is 9.96. The number of hydrogen-bond acceptors (Lipinski definition) is 5. The third-order valence-electron chi connectivity index (χ3n) is 4.28. The highest BCUT2D eigenvalue weighted by Gasteiger charge is 2.12. The Kier molecular flexibility index (Phi) is 8.75. The molecule has 0 aliphatic heterocycles. The number of hydrazone groups is 1. The van der Waals surface area contributed by atoms with Gasteiger partial charge in [0.2, 0.25) is 0 Å². The standard InChI is InChI=1S/C23H28N4O4/c1-15(2)12-24-22(29)23(30)27-25-13-18-6-5-7-20(11-18)31-14-21(28)26-19-9-8-16(3)17(4)10-19/h5-11,13,15H,12,14H2,1-4H3,(H,24,29)(H,26,28)(H,27,30)/b25-13-. The van der Waals surface area contributed by atoms with Crippen molar-refractivity contribution < 1.29 is 19.1 Å². The predicted octanol–water partition coefficient (Wildman–Crippen LogP) is 2.54. The molecule has 3 N–H and O–H groups in total. The van der Waals surface area contributed by atoms with Crippen molar-refractivity contribution >= 4 is 29.6 Å². The van der Waals surface area contributed by atoms with E-state index in [0.29, 0.717) is 23.5 Å². The molecular formula is C23H28N4O4. The van der Waals surface area contributed by atoms with Gasteiger partial charge in [-0.2, -0.15) is 5.10 Å². The van der Waals surface area contributed by atoms with E-state index in [2.05, 4.69) is 21.2 Å². The fourth-order valence-electron chi connectivity index (χ4n) is 2.44. The van der Waals surface area contributed by atoms with Crippen LogP contribution in [0, 0.1) is 19.8 Å². The largest absolute Gasteiger partial charge is 0.484 e. The molecule has 0 aromatic heterocycles. The van der Waals surface area contributed by atoms with Gasteiger partial charge in [-0.05, 0) is 60.7 Å². The minimum Gasteiger partial charge on any atom is -0.484 e. The van der Waals surface area contributed by atoms with Crippen LogP contribution >= 0.6 is 0 Å². The Bertz CT molecular complexity index is 970. The number of amides is 3. The maximum Gasteiger partial charge on any atom is 0.329 e. The Morgan fingerprint density at radius 2 is 1.81 bits per heavy atom. The minimum absolute atomic E-state index is 0.153. The molecule has 0 radical (unpaired) electrons. The second-order valence-electron chi connectivity index (χ2n) is 7.51. The van der Waals surface area contributed by atoms with Crippen LogP contribution in [0.15, 0.2) is 47.6 Å². The normalized spacial score (nSPS) is 10.7. The van der Waals surface area contributed by atoms with Crippen molar-refractivity contribution in [1.29, 1.82) is 0 Å². The van der Waals surface area contributed by atoms with E-state index in [4.69, 9.17) is 4.74 Å². The second kappa shape index (κ2) is 11.5.